The number of aliphatic imine (C=N–C) groups is 1. The number of rotatable bonds is 10. The van der Waals surface area contributed by atoms with E-state index >= 15 is 0 Å². The normalized spacial score (nSPS) is 11.9. The number of nitrogens with two attached hydrogens (primary N) is 1. The highest BCUT2D eigenvalue weighted by Crippen LogP contribution is 2.24. The van der Waals surface area contributed by atoms with Crippen LogP contribution in [0.5, 0.6) is 0 Å². The Kier molecular flexibility index (Phi) is 9.36. The van der Waals surface area contributed by atoms with Gasteiger partial charge in [0.2, 0.25) is 0 Å². The second-order valence-corrected chi connectivity index (χ2v) is 8.50. The van der Waals surface area contributed by atoms with Crippen LogP contribution in [0.3, 0.4) is 0 Å². The van der Waals surface area contributed by atoms with E-state index in [9.17, 15) is 0 Å². The molecule has 0 fully saturated rings. The Labute approximate surface area is 206 Å². The van der Waals surface area contributed by atoms with Crippen molar-refractivity contribution >= 4 is 46.6 Å². The molecule has 1 heterocycles. The van der Waals surface area contributed by atoms with Crippen LogP contribution < -0.4 is 16.4 Å². The molecule has 0 aliphatic heterocycles. The van der Waals surface area contributed by atoms with Gasteiger partial charge in [0.25, 0.3) is 0 Å². The average molecular weight is 477 g/mol. The van der Waals surface area contributed by atoms with Gasteiger partial charge in [-0.3, -0.25) is 4.99 Å². The topological polar surface area (TPSA) is 62.4 Å². The molecule has 6 heteroatoms. The molecule has 4 N–H and O–H groups in total. The van der Waals surface area contributed by atoms with Crippen LogP contribution in [0.4, 0.5) is 17.1 Å². The molecular formula is C27H29ClN4S. The first-order valence-corrected chi connectivity index (χ1v) is 11.7. The molecule has 1 unspecified atom stereocenters. The largest absolute Gasteiger partial charge is 0.385 e. The molecule has 1 atom stereocenters. The van der Waals surface area contributed by atoms with Gasteiger partial charge >= 0.3 is 0 Å². The number of hydrogen-bond acceptors (Lipinski definition) is 4. The maximum absolute atomic E-state index is 6.28. The molecule has 0 bridgehead atoms. The SMILES string of the molecule is Cl.NC(=NC(CCCNc1ccc(Nc2ccccc2)cc1)c1ccccc1)c1cccs1. The van der Waals surface area contributed by atoms with E-state index in [1.165, 1.54) is 5.56 Å². The first kappa shape index (κ1) is 24.4. The zero-order valence-corrected chi connectivity index (χ0v) is 20.0. The van der Waals surface area contributed by atoms with E-state index in [4.69, 9.17) is 10.7 Å². The number of hydrogen-bond donors (Lipinski definition) is 3. The van der Waals surface area contributed by atoms with E-state index in [-0.39, 0.29) is 18.4 Å². The number of nitrogens with one attached hydrogen (secondary N) is 2. The van der Waals surface area contributed by atoms with Crippen molar-refractivity contribution in [3.8, 4) is 0 Å². The third-order valence-corrected chi connectivity index (χ3v) is 6.08. The van der Waals surface area contributed by atoms with Crippen LogP contribution in [0.1, 0.15) is 29.3 Å². The summed E-state index contributed by atoms with van der Waals surface area (Å²) in [6.45, 7) is 0.878. The van der Waals surface area contributed by atoms with Crippen LogP contribution in [-0.4, -0.2) is 12.4 Å². The van der Waals surface area contributed by atoms with E-state index in [2.05, 4.69) is 71.3 Å². The zero-order chi connectivity index (χ0) is 22.0. The van der Waals surface area contributed by atoms with Crippen molar-refractivity contribution in [3.63, 3.8) is 0 Å². The van der Waals surface area contributed by atoms with Crippen LogP contribution >= 0.6 is 23.7 Å². The predicted octanol–water partition coefficient (Wildman–Crippen LogP) is 7.25. The number of nitrogens with zero attached hydrogens (tertiary/aromatic N) is 1. The minimum atomic E-state index is 0. The highest BCUT2D eigenvalue weighted by molar-refractivity contribution is 7.12. The molecule has 0 spiro atoms. The smallest absolute Gasteiger partial charge is 0.136 e. The lowest BCUT2D eigenvalue weighted by Crippen LogP contribution is -2.14. The minimum Gasteiger partial charge on any atom is -0.385 e. The summed E-state index contributed by atoms with van der Waals surface area (Å²) >= 11 is 1.62. The summed E-state index contributed by atoms with van der Waals surface area (Å²) in [4.78, 5) is 5.88. The Balaban J connectivity index is 0.00000306. The maximum Gasteiger partial charge on any atom is 0.136 e. The molecule has 0 radical (unpaired) electrons. The second kappa shape index (κ2) is 12.7. The minimum absolute atomic E-state index is 0. The molecule has 4 nitrogen and oxygen atoms in total. The van der Waals surface area contributed by atoms with Gasteiger partial charge in [-0.05, 0) is 66.2 Å². The van der Waals surface area contributed by atoms with Crippen LogP contribution in [0.15, 0.2) is 107 Å². The number of para-hydroxylation sites is 1. The molecule has 0 saturated heterocycles. The summed E-state index contributed by atoms with van der Waals surface area (Å²) in [5, 5.41) is 8.95. The first-order valence-electron chi connectivity index (χ1n) is 10.9. The van der Waals surface area contributed by atoms with Crippen LogP contribution in [0.25, 0.3) is 0 Å². The third kappa shape index (κ3) is 7.38. The van der Waals surface area contributed by atoms with Gasteiger partial charge in [0.1, 0.15) is 5.84 Å². The molecular weight excluding hydrogens is 448 g/mol. The van der Waals surface area contributed by atoms with Gasteiger partial charge in [0, 0.05) is 23.6 Å². The molecule has 33 heavy (non-hydrogen) atoms. The Bertz CT molecular complexity index is 1100. The average Bonchev–Trinajstić information content (AvgIpc) is 3.38. The lowest BCUT2D eigenvalue weighted by molar-refractivity contribution is 0.628. The molecule has 3 aromatic carbocycles. The van der Waals surface area contributed by atoms with Crippen molar-refractivity contribution in [2.45, 2.75) is 18.9 Å². The summed E-state index contributed by atoms with van der Waals surface area (Å²) in [7, 11) is 0. The van der Waals surface area contributed by atoms with Crippen molar-refractivity contribution in [3.05, 3.63) is 113 Å². The van der Waals surface area contributed by atoms with Crippen molar-refractivity contribution in [2.75, 3.05) is 17.2 Å². The number of halogens is 1. The van der Waals surface area contributed by atoms with Crippen molar-refractivity contribution < 1.29 is 0 Å². The van der Waals surface area contributed by atoms with Gasteiger partial charge < -0.3 is 16.4 Å². The molecule has 4 rings (SSSR count). The maximum atomic E-state index is 6.28. The molecule has 0 aliphatic rings. The van der Waals surface area contributed by atoms with E-state index in [1.54, 1.807) is 11.3 Å². The van der Waals surface area contributed by atoms with E-state index in [1.807, 2.05) is 41.8 Å². The molecule has 0 aliphatic carbocycles. The van der Waals surface area contributed by atoms with Gasteiger partial charge in [-0.15, -0.1) is 23.7 Å². The van der Waals surface area contributed by atoms with Gasteiger partial charge in [-0.2, -0.15) is 0 Å². The number of thiophene rings is 1. The molecule has 0 saturated carbocycles. The summed E-state index contributed by atoms with van der Waals surface area (Å²) in [5.74, 6) is 0.614. The van der Waals surface area contributed by atoms with Crippen molar-refractivity contribution in [2.24, 2.45) is 10.7 Å². The van der Waals surface area contributed by atoms with Crippen LogP contribution in [0, 0.1) is 0 Å². The summed E-state index contributed by atoms with van der Waals surface area (Å²) in [5.41, 5.74) is 10.8. The Morgan fingerprint density at radius 2 is 1.42 bits per heavy atom. The number of anilines is 3. The monoisotopic (exact) mass is 476 g/mol. The quantitative estimate of drug-likeness (QED) is 0.128. The third-order valence-electron chi connectivity index (χ3n) is 5.18. The van der Waals surface area contributed by atoms with Gasteiger partial charge in [-0.25, -0.2) is 0 Å². The van der Waals surface area contributed by atoms with Gasteiger partial charge in [0.15, 0.2) is 0 Å². The highest BCUT2D eigenvalue weighted by Gasteiger charge is 2.11. The fourth-order valence-corrected chi connectivity index (χ4v) is 4.16. The van der Waals surface area contributed by atoms with E-state index in [0.717, 1.165) is 41.3 Å². The highest BCUT2D eigenvalue weighted by atomic mass is 35.5. The van der Waals surface area contributed by atoms with E-state index < -0.39 is 0 Å². The Morgan fingerprint density at radius 1 is 0.788 bits per heavy atom. The van der Waals surface area contributed by atoms with E-state index in [0.29, 0.717) is 5.84 Å². The summed E-state index contributed by atoms with van der Waals surface area (Å²) < 4.78 is 0. The Morgan fingerprint density at radius 3 is 2.09 bits per heavy atom. The fraction of sp³-hybridized carbons (Fsp3) is 0.148. The number of benzene rings is 3. The standard InChI is InChI=1S/C27H28N4S.ClH/c28-27(26-14-8-20-32-26)31-25(21-9-3-1-4-10-21)13-7-19-29-22-15-17-24(18-16-22)30-23-11-5-2-6-12-23;/h1-6,8-12,14-18,20,25,29-30H,7,13,19H2,(H2,28,31);1H. The Hall–Kier alpha value is -3.28. The number of amidine groups is 1. The first-order chi connectivity index (χ1) is 15.8. The van der Waals surface area contributed by atoms with Gasteiger partial charge in [0.05, 0.1) is 10.9 Å². The van der Waals surface area contributed by atoms with Crippen LogP contribution in [0.2, 0.25) is 0 Å². The molecule has 4 aromatic rings. The van der Waals surface area contributed by atoms with Crippen molar-refractivity contribution in [1.82, 2.24) is 0 Å². The predicted molar refractivity (Wildman–Crippen MR) is 145 cm³/mol. The van der Waals surface area contributed by atoms with Crippen molar-refractivity contribution in [1.29, 1.82) is 0 Å². The molecule has 0 amide bonds. The molecule has 1 aromatic heterocycles. The fourth-order valence-electron chi connectivity index (χ4n) is 3.52. The molecule has 170 valence electrons. The lowest BCUT2D eigenvalue weighted by Gasteiger charge is -2.15. The second-order valence-electron chi connectivity index (χ2n) is 7.56. The lowest BCUT2D eigenvalue weighted by atomic mass is 10.0. The summed E-state index contributed by atoms with van der Waals surface area (Å²) in [6.07, 6.45) is 1.92. The summed E-state index contributed by atoms with van der Waals surface area (Å²) in [6, 6.07) is 33.1. The zero-order valence-electron chi connectivity index (χ0n) is 18.4. The van der Waals surface area contributed by atoms with Gasteiger partial charge in [-0.1, -0.05) is 54.6 Å². The van der Waals surface area contributed by atoms with Crippen LogP contribution in [-0.2, 0) is 0 Å².